The number of piperidine rings is 1. The van der Waals surface area contributed by atoms with Gasteiger partial charge in [-0.3, -0.25) is 14.4 Å². The number of carbonyl (C=O) groups excluding carboxylic acids is 3. The summed E-state index contributed by atoms with van der Waals surface area (Å²) in [5.41, 5.74) is 5.19. The number of nitrogens with one attached hydrogen (secondary N) is 1. The zero-order valence-electron chi connectivity index (χ0n) is 12.3. The molecule has 0 saturated carbocycles. The average molecular weight is 296 g/mol. The Kier molecular flexibility index (Phi) is 5.55. The van der Waals surface area contributed by atoms with Crippen molar-refractivity contribution in [2.75, 3.05) is 39.3 Å². The van der Waals surface area contributed by atoms with Gasteiger partial charge in [0.1, 0.15) is 0 Å². The number of amides is 3. The van der Waals surface area contributed by atoms with E-state index in [0.717, 1.165) is 32.4 Å². The molecule has 2 aliphatic heterocycles. The van der Waals surface area contributed by atoms with E-state index in [1.165, 1.54) is 0 Å². The summed E-state index contributed by atoms with van der Waals surface area (Å²) in [6.07, 6.45) is 2.72. The van der Waals surface area contributed by atoms with Crippen molar-refractivity contribution in [3.8, 4) is 0 Å². The van der Waals surface area contributed by atoms with Crippen LogP contribution in [0.25, 0.3) is 0 Å². The quantitative estimate of drug-likeness (QED) is 0.634. The SMILES string of the molecule is NC(=O)CC1CCN(C(=O)C(=O)N2CCCNCC2)CC1. The van der Waals surface area contributed by atoms with Crippen LogP contribution in [0.5, 0.6) is 0 Å². The number of likely N-dealkylation sites (tertiary alicyclic amines) is 1. The highest BCUT2D eigenvalue weighted by Gasteiger charge is 2.30. The van der Waals surface area contributed by atoms with Crippen molar-refractivity contribution in [2.45, 2.75) is 25.7 Å². The monoisotopic (exact) mass is 296 g/mol. The smallest absolute Gasteiger partial charge is 0.312 e. The van der Waals surface area contributed by atoms with Gasteiger partial charge >= 0.3 is 11.8 Å². The summed E-state index contributed by atoms with van der Waals surface area (Å²) in [5.74, 6) is -0.863. The second-order valence-corrected chi connectivity index (χ2v) is 5.80. The van der Waals surface area contributed by atoms with Crippen LogP contribution < -0.4 is 11.1 Å². The molecule has 0 bridgehead atoms. The minimum atomic E-state index is -0.408. The largest absolute Gasteiger partial charge is 0.370 e. The first-order valence-electron chi connectivity index (χ1n) is 7.65. The van der Waals surface area contributed by atoms with Gasteiger partial charge in [0.25, 0.3) is 0 Å². The van der Waals surface area contributed by atoms with Gasteiger partial charge in [0.15, 0.2) is 0 Å². The van der Waals surface area contributed by atoms with E-state index in [1.807, 2.05) is 0 Å². The fourth-order valence-corrected chi connectivity index (χ4v) is 2.94. The molecule has 2 aliphatic rings. The summed E-state index contributed by atoms with van der Waals surface area (Å²) in [4.78, 5) is 38.7. The predicted molar refractivity (Wildman–Crippen MR) is 77.2 cm³/mol. The second-order valence-electron chi connectivity index (χ2n) is 5.80. The Morgan fingerprint density at radius 1 is 0.952 bits per heavy atom. The molecule has 2 saturated heterocycles. The van der Waals surface area contributed by atoms with E-state index in [-0.39, 0.29) is 11.8 Å². The Bertz CT molecular complexity index is 397. The van der Waals surface area contributed by atoms with E-state index in [1.54, 1.807) is 9.80 Å². The van der Waals surface area contributed by atoms with Crippen LogP contribution in [0, 0.1) is 5.92 Å². The van der Waals surface area contributed by atoms with Crippen LogP contribution in [-0.4, -0.2) is 66.8 Å². The molecule has 2 rings (SSSR count). The minimum absolute atomic E-state index is 0.240. The van der Waals surface area contributed by atoms with Crippen LogP contribution in [0.1, 0.15) is 25.7 Å². The molecule has 21 heavy (non-hydrogen) atoms. The highest BCUT2D eigenvalue weighted by atomic mass is 16.2. The fourth-order valence-electron chi connectivity index (χ4n) is 2.94. The molecular weight excluding hydrogens is 272 g/mol. The first-order chi connectivity index (χ1) is 10.1. The average Bonchev–Trinajstić information content (AvgIpc) is 2.75. The molecule has 2 fully saturated rings. The number of rotatable bonds is 2. The van der Waals surface area contributed by atoms with Crippen LogP contribution in [0.3, 0.4) is 0 Å². The van der Waals surface area contributed by atoms with Gasteiger partial charge in [0.2, 0.25) is 5.91 Å². The normalized spacial score (nSPS) is 21.0. The van der Waals surface area contributed by atoms with E-state index < -0.39 is 11.8 Å². The molecular formula is C14H24N4O3. The Hall–Kier alpha value is -1.63. The maximum atomic E-state index is 12.3. The summed E-state index contributed by atoms with van der Waals surface area (Å²) >= 11 is 0. The summed E-state index contributed by atoms with van der Waals surface area (Å²) in [5, 5.41) is 3.21. The molecule has 0 radical (unpaired) electrons. The molecule has 2 heterocycles. The van der Waals surface area contributed by atoms with Crippen LogP contribution in [-0.2, 0) is 14.4 Å². The molecule has 0 aromatic rings. The first-order valence-corrected chi connectivity index (χ1v) is 7.65. The van der Waals surface area contributed by atoms with Crippen LogP contribution in [0.2, 0.25) is 0 Å². The molecule has 0 aliphatic carbocycles. The molecule has 0 unspecified atom stereocenters. The first kappa shape index (κ1) is 15.8. The van der Waals surface area contributed by atoms with Gasteiger partial charge in [-0.15, -0.1) is 0 Å². The maximum Gasteiger partial charge on any atom is 0.312 e. The molecule has 3 N–H and O–H groups in total. The van der Waals surface area contributed by atoms with Gasteiger partial charge in [0.05, 0.1) is 0 Å². The third-order valence-corrected chi connectivity index (χ3v) is 4.20. The van der Waals surface area contributed by atoms with E-state index in [0.29, 0.717) is 32.6 Å². The van der Waals surface area contributed by atoms with Crippen molar-refractivity contribution in [1.29, 1.82) is 0 Å². The van der Waals surface area contributed by atoms with Gasteiger partial charge < -0.3 is 20.9 Å². The standard InChI is InChI=1S/C14H24N4O3/c15-12(19)10-11-2-7-18(8-3-11)14(21)13(20)17-6-1-4-16-5-9-17/h11,16H,1-10H2,(H2,15,19). The predicted octanol–water partition coefficient (Wildman–Crippen LogP) is -1.08. The molecule has 7 heteroatoms. The van der Waals surface area contributed by atoms with E-state index in [4.69, 9.17) is 5.73 Å². The zero-order chi connectivity index (χ0) is 15.2. The number of carbonyl (C=O) groups is 3. The Morgan fingerprint density at radius 2 is 1.57 bits per heavy atom. The summed E-state index contributed by atoms with van der Waals surface area (Å²) < 4.78 is 0. The van der Waals surface area contributed by atoms with Gasteiger partial charge in [-0.1, -0.05) is 0 Å². The van der Waals surface area contributed by atoms with Crippen LogP contribution in [0.4, 0.5) is 0 Å². The molecule has 3 amide bonds. The second kappa shape index (κ2) is 7.40. The van der Waals surface area contributed by atoms with Crippen molar-refractivity contribution in [2.24, 2.45) is 11.7 Å². The Balaban J connectivity index is 1.83. The van der Waals surface area contributed by atoms with Gasteiger partial charge in [-0.05, 0) is 31.7 Å². The minimum Gasteiger partial charge on any atom is -0.370 e. The third-order valence-electron chi connectivity index (χ3n) is 4.20. The molecule has 0 aromatic carbocycles. The number of hydrogen-bond donors (Lipinski definition) is 2. The van der Waals surface area contributed by atoms with Crippen LogP contribution >= 0.6 is 0 Å². The van der Waals surface area contributed by atoms with Crippen molar-refractivity contribution in [1.82, 2.24) is 15.1 Å². The lowest BCUT2D eigenvalue weighted by Gasteiger charge is -2.32. The lowest BCUT2D eigenvalue weighted by molar-refractivity contribution is -0.152. The number of hydrogen-bond acceptors (Lipinski definition) is 4. The van der Waals surface area contributed by atoms with Crippen molar-refractivity contribution in [3.05, 3.63) is 0 Å². The number of primary amides is 1. The third kappa shape index (κ3) is 4.42. The van der Waals surface area contributed by atoms with Gasteiger partial charge in [0, 0.05) is 39.1 Å². The van der Waals surface area contributed by atoms with Gasteiger partial charge in [-0.25, -0.2) is 0 Å². The number of nitrogens with two attached hydrogens (primary N) is 1. The molecule has 0 atom stereocenters. The lowest BCUT2D eigenvalue weighted by Crippen LogP contribution is -2.49. The maximum absolute atomic E-state index is 12.3. The Morgan fingerprint density at radius 3 is 2.19 bits per heavy atom. The summed E-state index contributed by atoms with van der Waals surface area (Å²) in [7, 11) is 0. The zero-order valence-corrected chi connectivity index (χ0v) is 12.3. The summed E-state index contributed by atoms with van der Waals surface area (Å²) in [6, 6.07) is 0. The molecule has 7 nitrogen and oxygen atoms in total. The van der Waals surface area contributed by atoms with Crippen molar-refractivity contribution in [3.63, 3.8) is 0 Å². The van der Waals surface area contributed by atoms with Gasteiger partial charge in [-0.2, -0.15) is 0 Å². The molecule has 0 aromatic heterocycles. The van der Waals surface area contributed by atoms with E-state index in [9.17, 15) is 14.4 Å². The highest BCUT2D eigenvalue weighted by molar-refractivity contribution is 6.34. The lowest BCUT2D eigenvalue weighted by atomic mass is 9.93. The van der Waals surface area contributed by atoms with E-state index in [2.05, 4.69) is 5.32 Å². The Labute approximate surface area is 124 Å². The topological polar surface area (TPSA) is 95.7 Å². The fraction of sp³-hybridized carbons (Fsp3) is 0.786. The molecule has 0 spiro atoms. The number of nitrogens with zero attached hydrogens (tertiary/aromatic N) is 2. The van der Waals surface area contributed by atoms with Crippen molar-refractivity contribution >= 4 is 17.7 Å². The highest BCUT2D eigenvalue weighted by Crippen LogP contribution is 2.20. The van der Waals surface area contributed by atoms with E-state index >= 15 is 0 Å². The van der Waals surface area contributed by atoms with Crippen LogP contribution in [0.15, 0.2) is 0 Å². The summed E-state index contributed by atoms with van der Waals surface area (Å²) in [6.45, 7) is 3.91. The molecule has 118 valence electrons. The van der Waals surface area contributed by atoms with Crippen molar-refractivity contribution < 1.29 is 14.4 Å².